The van der Waals surface area contributed by atoms with Crippen LogP contribution in [-0.2, 0) is 11.3 Å². The van der Waals surface area contributed by atoms with E-state index in [0.717, 1.165) is 20.3 Å². The molecule has 2 N–H and O–H groups in total. The average molecular weight is 431 g/mol. The summed E-state index contributed by atoms with van der Waals surface area (Å²) in [5.41, 5.74) is 0.952. The number of aliphatic carboxylic acids is 1. The van der Waals surface area contributed by atoms with Crippen molar-refractivity contribution < 1.29 is 14.3 Å². The van der Waals surface area contributed by atoms with Gasteiger partial charge < -0.3 is 9.52 Å². The maximum absolute atomic E-state index is 11.2. The van der Waals surface area contributed by atoms with Gasteiger partial charge in [-0.2, -0.15) is 0 Å². The Bertz CT molecular complexity index is 667. The lowest BCUT2D eigenvalue weighted by Crippen LogP contribution is -2.40. The first kappa shape index (κ1) is 17.2. The molecule has 0 radical (unpaired) electrons. The van der Waals surface area contributed by atoms with E-state index in [1.807, 2.05) is 44.2 Å². The van der Waals surface area contributed by atoms with E-state index in [1.165, 1.54) is 0 Å². The van der Waals surface area contributed by atoms with E-state index in [2.05, 4.69) is 37.2 Å². The van der Waals surface area contributed by atoms with Crippen LogP contribution in [0.25, 0.3) is 11.3 Å². The predicted octanol–water partition coefficient (Wildman–Crippen LogP) is 4.67. The molecule has 2 rings (SSSR count). The van der Waals surface area contributed by atoms with Crippen molar-refractivity contribution in [2.24, 2.45) is 5.92 Å². The summed E-state index contributed by atoms with van der Waals surface area (Å²) in [5, 5.41) is 12.2. The summed E-state index contributed by atoms with van der Waals surface area (Å²) in [6.45, 7) is 4.12. The number of halogens is 2. The highest BCUT2D eigenvalue weighted by Crippen LogP contribution is 2.31. The number of hydrogen-bond donors (Lipinski definition) is 2. The van der Waals surface area contributed by atoms with E-state index in [4.69, 9.17) is 9.52 Å². The van der Waals surface area contributed by atoms with Crippen LogP contribution in [0.4, 0.5) is 0 Å². The van der Waals surface area contributed by atoms with Crippen LogP contribution < -0.4 is 5.32 Å². The van der Waals surface area contributed by atoms with Gasteiger partial charge in [0.1, 0.15) is 17.6 Å². The fraction of sp³-hybridized carbons (Fsp3) is 0.312. The number of carboxylic acid groups (broad SMARTS) is 1. The van der Waals surface area contributed by atoms with Crippen LogP contribution in [0.5, 0.6) is 0 Å². The average Bonchev–Trinajstić information content (AvgIpc) is 2.86. The van der Waals surface area contributed by atoms with E-state index in [-0.39, 0.29) is 5.92 Å². The topological polar surface area (TPSA) is 62.5 Å². The van der Waals surface area contributed by atoms with Crippen LogP contribution in [0, 0.1) is 5.92 Å². The summed E-state index contributed by atoms with van der Waals surface area (Å²) < 4.78 is 7.72. The van der Waals surface area contributed by atoms with Gasteiger partial charge in [-0.15, -0.1) is 0 Å². The van der Waals surface area contributed by atoms with E-state index < -0.39 is 12.0 Å². The van der Waals surface area contributed by atoms with Crippen LogP contribution in [0.15, 0.2) is 43.7 Å². The molecule has 118 valence electrons. The van der Waals surface area contributed by atoms with Crippen molar-refractivity contribution in [1.29, 1.82) is 0 Å². The monoisotopic (exact) mass is 429 g/mol. The van der Waals surface area contributed by atoms with Gasteiger partial charge in [0, 0.05) is 14.5 Å². The lowest BCUT2D eigenvalue weighted by atomic mass is 10.1. The molecule has 22 heavy (non-hydrogen) atoms. The zero-order valence-electron chi connectivity index (χ0n) is 12.3. The number of carbonyl (C=O) groups is 1. The number of rotatable bonds is 6. The first-order chi connectivity index (χ1) is 10.4. The molecule has 0 amide bonds. The molecule has 0 fully saturated rings. The zero-order valence-corrected chi connectivity index (χ0v) is 15.4. The van der Waals surface area contributed by atoms with Gasteiger partial charge in [0.25, 0.3) is 0 Å². The van der Waals surface area contributed by atoms with Crippen molar-refractivity contribution in [3.8, 4) is 11.3 Å². The molecule has 1 aromatic heterocycles. The number of nitrogens with one attached hydrogen (secondary N) is 1. The summed E-state index contributed by atoms with van der Waals surface area (Å²) in [7, 11) is 0. The molecule has 1 aromatic carbocycles. The van der Waals surface area contributed by atoms with Crippen LogP contribution in [0.3, 0.4) is 0 Å². The third-order valence-corrected chi connectivity index (χ3v) is 4.44. The normalized spacial score (nSPS) is 12.6. The van der Waals surface area contributed by atoms with Crippen LogP contribution in [-0.4, -0.2) is 17.1 Å². The second kappa shape index (κ2) is 7.44. The molecule has 0 aliphatic heterocycles. The first-order valence-electron chi connectivity index (χ1n) is 6.89. The molecule has 0 aliphatic rings. The molecule has 1 heterocycles. The Morgan fingerprint density at radius 3 is 2.59 bits per heavy atom. The Morgan fingerprint density at radius 1 is 1.27 bits per heavy atom. The van der Waals surface area contributed by atoms with Crippen molar-refractivity contribution in [1.82, 2.24) is 5.32 Å². The summed E-state index contributed by atoms with van der Waals surface area (Å²) in [6, 6.07) is 9.01. The van der Waals surface area contributed by atoms with Gasteiger partial charge in [-0.05, 0) is 52.2 Å². The predicted molar refractivity (Wildman–Crippen MR) is 92.6 cm³/mol. The van der Waals surface area contributed by atoms with Crippen molar-refractivity contribution in [3.05, 3.63) is 45.0 Å². The number of benzene rings is 1. The Labute approximate surface area is 146 Å². The van der Waals surface area contributed by atoms with Crippen molar-refractivity contribution in [3.63, 3.8) is 0 Å². The molecule has 0 saturated heterocycles. The van der Waals surface area contributed by atoms with Crippen LogP contribution in [0.1, 0.15) is 19.6 Å². The number of furan rings is 1. The summed E-state index contributed by atoms with van der Waals surface area (Å²) in [5.74, 6) is 0.606. The molecule has 2 aromatic rings. The molecule has 1 unspecified atom stereocenters. The van der Waals surface area contributed by atoms with Crippen molar-refractivity contribution >= 4 is 37.8 Å². The highest BCUT2D eigenvalue weighted by atomic mass is 79.9. The van der Waals surface area contributed by atoms with Gasteiger partial charge >= 0.3 is 5.97 Å². The van der Waals surface area contributed by atoms with Gasteiger partial charge in [-0.3, -0.25) is 10.1 Å². The van der Waals surface area contributed by atoms with Crippen molar-refractivity contribution in [2.45, 2.75) is 26.4 Å². The second-order valence-corrected chi connectivity index (χ2v) is 7.10. The van der Waals surface area contributed by atoms with E-state index in [1.54, 1.807) is 0 Å². The highest BCUT2D eigenvalue weighted by Gasteiger charge is 2.21. The number of hydrogen-bond acceptors (Lipinski definition) is 3. The molecule has 0 aliphatic carbocycles. The Balaban J connectivity index is 2.10. The SMILES string of the molecule is CC(C)C(NCc1ccc(-c2ccc(Br)cc2Br)o1)C(=O)O. The Morgan fingerprint density at radius 2 is 2.00 bits per heavy atom. The quantitative estimate of drug-likeness (QED) is 0.698. The lowest BCUT2D eigenvalue weighted by molar-refractivity contribution is -0.140. The third kappa shape index (κ3) is 4.21. The zero-order chi connectivity index (χ0) is 16.3. The Hall–Kier alpha value is -1.11. The summed E-state index contributed by atoms with van der Waals surface area (Å²) in [6.07, 6.45) is 0. The summed E-state index contributed by atoms with van der Waals surface area (Å²) >= 11 is 6.93. The fourth-order valence-corrected chi connectivity index (χ4v) is 3.37. The highest BCUT2D eigenvalue weighted by molar-refractivity contribution is 9.11. The molecule has 6 heteroatoms. The van der Waals surface area contributed by atoms with Gasteiger partial charge in [0.05, 0.1) is 6.54 Å². The van der Waals surface area contributed by atoms with Crippen LogP contribution in [0.2, 0.25) is 0 Å². The standard InChI is InChI=1S/C16H17Br2NO3/c1-9(2)15(16(20)21)19-8-11-4-6-14(22-11)12-5-3-10(17)7-13(12)18/h3-7,9,15,19H,8H2,1-2H3,(H,20,21). The van der Waals surface area contributed by atoms with Crippen LogP contribution >= 0.6 is 31.9 Å². The van der Waals surface area contributed by atoms with Gasteiger partial charge in [0.2, 0.25) is 0 Å². The minimum absolute atomic E-state index is 0.00699. The molecule has 0 spiro atoms. The largest absolute Gasteiger partial charge is 0.480 e. The van der Waals surface area contributed by atoms with Gasteiger partial charge in [-0.25, -0.2) is 0 Å². The fourth-order valence-electron chi connectivity index (χ4n) is 2.13. The molecule has 4 nitrogen and oxygen atoms in total. The Kier molecular flexibility index (Phi) is 5.83. The third-order valence-electron chi connectivity index (χ3n) is 3.29. The first-order valence-corrected chi connectivity index (χ1v) is 8.47. The van der Waals surface area contributed by atoms with Gasteiger partial charge in [0.15, 0.2) is 0 Å². The second-order valence-electron chi connectivity index (χ2n) is 5.33. The number of carboxylic acids is 1. The van der Waals surface area contributed by atoms with Gasteiger partial charge in [-0.1, -0.05) is 29.8 Å². The molecule has 0 bridgehead atoms. The minimum Gasteiger partial charge on any atom is -0.480 e. The molecular weight excluding hydrogens is 414 g/mol. The van der Waals surface area contributed by atoms with E-state index in [0.29, 0.717) is 12.3 Å². The maximum atomic E-state index is 11.2. The molecule has 0 saturated carbocycles. The minimum atomic E-state index is -0.850. The van der Waals surface area contributed by atoms with E-state index >= 15 is 0 Å². The maximum Gasteiger partial charge on any atom is 0.320 e. The smallest absolute Gasteiger partial charge is 0.320 e. The van der Waals surface area contributed by atoms with Crippen molar-refractivity contribution in [2.75, 3.05) is 0 Å². The van der Waals surface area contributed by atoms with E-state index in [9.17, 15) is 4.79 Å². The molecular formula is C16H17Br2NO3. The summed E-state index contributed by atoms with van der Waals surface area (Å²) in [4.78, 5) is 11.2. The molecule has 1 atom stereocenters. The lowest BCUT2D eigenvalue weighted by Gasteiger charge is -2.16.